The van der Waals surface area contributed by atoms with E-state index in [4.69, 9.17) is 0 Å². The predicted octanol–water partition coefficient (Wildman–Crippen LogP) is 2.07. The molecule has 1 fully saturated rings. The summed E-state index contributed by atoms with van der Waals surface area (Å²) in [4.78, 5) is 16.8. The highest BCUT2D eigenvalue weighted by molar-refractivity contribution is 5.94. The number of amides is 1. The molecular formula is C17H25N3O. The molecule has 4 heteroatoms. The zero-order valence-corrected chi connectivity index (χ0v) is 13.1. The third kappa shape index (κ3) is 3.21. The number of carbonyl (C=O) groups is 1. The van der Waals surface area contributed by atoms with E-state index in [0.717, 1.165) is 38.2 Å². The van der Waals surface area contributed by atoms with Gasteiger partial charge in [-0.2, -0.15) is 0 Å². The Kier molecular flexibility index (Phi) is 4.15. The maximum atomic E-state index is 12.6. The highest BCUT2D eigenvalue weighted by Gasteiger charge is 2.21. The molecular weight excluding hydrogens is 262 g/mol. The van der Waals surface area contributed by atoms with Crippen LogP contribution in [0.1, 0.15) is 28.8 Å². The van der Waals surface area contributed by atoms with Gasteiger partial charge in [0.15, 0.2) is 0 Å². The van der Waals surface area contributed by atoms with Gasteiger partial charge >= 0.3 is 0 Å². The van der Waals surface area contributed by atoms with E-state index in [2.05, 4.69) is 23.3 Å². The summed E-state index contributed by atoms with van der Waals surface area (Å²) in [5.74, 6) is 0.801. The maximum Gasteiger partial charge on any atom is 0.253 e. The summed E-state index contributed by atoms with van der Waals surface area (Å²) in [5.41, 5.74) is 3.28. The Morgan fingerprint density at radius 2 is 2.14 bits per heavy atom. The van der Waals surface area contributed by atoms with E-state index in [1.807, 2.05) is 24.1 Å². The zero-order valence-electron chi connectivity index (χ0n) is 13.1. The predicted molar refractivity (Wildman–Crippen MR) is 85.8 cm³/mol. The van der Waals surface area contributed by atoms with Gasteiger partial charge in [0.05, 0.1) is 0 Å². The molecule has 2 heterocycles. The molecule has 0 unspecified atom stereocenters. The first-order valence-electron chi connectivity index (χ1n) is 7.94. The molecule has 3 rings (SSSR count). The molecule has 2 aliphatic heterocycles. The van der Waals surface area contributed by atoms with Gasteiger partial charge in [0.2, 0.25) is 0 Å². The average molecular weight is 287 g/mol. The molecule has 1 N–H and O–H groups in total. The molecule has 1 amide bonds. The van der Waals surface area contributed by atoms with E-state index < -0.39 is 0 Å². The van der Waals surface area contributed by atoms with Crippen molar-refractivity contribution in [2.75, 3.05) is 45.6 Å². The summed E-state index contributed by atoms with van der Waals surface area (Å²) in [6, 6.07) is 6.05. The van der Waals surface area contributed by atoms with Gasteiger partial charge in [0.1, 0.15) is 0 Å². The number of likely N-dealkylation sites (tertiary alicyclic amines) is 1. The molecule has 4 nitrogen and oxygen atoms in total. The molecule has 2 aliphatic rings. The van der Waals surface area contributed by atoms with E-state index in [1.54, 1.807) is 0 Å². The SMILES string of the molecule is CN1CCC(CN(C)C(=O)c2ccc3c(c2)CCN3)CC1. The molecule has 0 bridgehead atoms. The second-order valence-electron chi connectivity index (χ2n) is 6.48. The van der Waals surface area contributed by atoms with Crippen LogP contribution in [-0.4, -0.2) is 56.0 Å². The van der Waals surface area contributed by atoms with Gasteiger partial charge in [0.25, 0.3) is 5.91 Å². The first-order valence-corrected chi connectivity index (χ1v) is 7.94. The zero-order chi connectivity index (χ0) is 14.8. The summed E-state index contributed by atoms with van der Waals surface area (Å²) in [7, 11) is 4.11. The molecule has 1 saturated heterocycles. The van der Waals surface area contributed by atoms with E-state index >= 15 is 0 Å². The lowest BCUT2D eigenvalue weighted by molar-refractivity contribution is 0.0747. The number of piperidine rings is 1. The first-order chi connectivity index (χ1) is 10.1. The van der Waals surface area contributed by atoms with Gasteiger partial charge in [0, 0.05) is 31.4 Å². The molecule has 0 aliphatic carbocycles. The molecule has 1 aromatic carbocycles. The quantitative estimate of drug-likeness (QED) is 0.924. The number of nitrogens with one attached hydrogen (secondary N) is 1. The number of anilines is 1. The van der Waals surface area contributed by atoms with Crippen molar-refractivity contribution in [3.05, 3.63) is 29.3 Å². The standard InChI is InChI=1S/C17H25N3O/c1-19-9-6-13(7-10-19)12-20(2)17(21)15-3-4-16-14(11-15)5-8-18-16/h3-4,11,13,18H,5-10,12H2,1-2H3. The van der Waals surface area contributed by atoms with Crippen LogP contribution in [0, 0.1) is 5.92 Å². The summed E-state index contributed by atoms with van der Waals surface area (Å²) in [6.45, 7) is 4.16. The number of benzene rings is 1. The van der Waals surface area contributed by atoms with Crippen LogP contribution in [0.25, 0.3) is 0 Å². The molecule has 0 saturated carbocycles. The largest absolute Gasteiger partial charge is 0.384 e. The second-order valence-corrected chi connectivity index (χ2v) is 6.48. The number of rotatable bonds is 3. The minimum absolute atomic E-state index is 0.156. The first kappa shape index (κ1) is 14.4. The average Bonchev–Trinajstić information content (AvgIpc) is 2.96. The van der Waals surface area contributed by atoms with E-state index in [0.29, 0.717) is 5.92 Å². The third-order valence-electron chi connectivity index (χ3n) is 4.78. The van der Waals surface area contributed by atoms with Crippen molar-refractivity contribution in [2.45, 2.75) is 19.3 Å². The van der Waals surface area contributed by atoms with E-state index in [-0.39, 0.29) is 5.91 Å². The van der Waals surface area contributed by atoms with Crippen molar-refractivity contribution in [1.29, 1.82) is 0 Å². The van der Waals surface area contributed by atoms with E-state index in [9.17, 15) is 4.79 Å². The smallest absolute Gasteiger partial charge is 0.253 e. The van der Waals surface area contributed by atoms with Crippen LogP contribution in [0.2, 0.25) is 0 Å². The summed E-state index contributed by atoms with van der Waals surface area (Å²) < 4.78 is 0. The van der Waals surface area contributed by atoms with Crippen LogP contribution in [0.15, 0.2) is 18.2 Å². The lowest BCUT2D eigenvalue weighted by atomic mass is 9.96. The van der Waals surface area contributed by atoms with Crippen LogP contribution in [0.4, 0.5) is 5.69 Å². The van der Waals surface area contributed by atoms with Crippen molar-refractivity contribution in [1.82, 2.24) is 9.80 Å². The van der Waals surface area contributed by atoms with Crippen LogP contribution in [0.3, 0.4) is 0 Å². The van der Waals surface area contributed by atoms with Crippen LogP contribution in [-0.2, 0) is 6.42 Å². The Balaban J connectivity index is 1.62. The van der Waals surface area contributed by atoms with E-state index in [1.165, 1.54) is 24.1 Å². The monoisotopic (exact) mass is 287 g/mol. The summed E-state index contributed by atoms with van der Waals surface area (Å²) >= 11 is 0. The summed E-state index contributed by atoms with van der Waals surface area (Å²) in [6.07, 6.45) is 3.42. The Labute approximate surface area is 127 Å². The number of hydrogen-bond donors (Lipinski definition) is 1. The Hall–Kier alpha value is -1.55. The lowest BCUT2D eigenvalue weighted by Crippen LogP contribution is -2.38. The molecule has 114 valence electrons. The Bertz CT molecular complexity index is 521. The Morgan fingerprint density at radius 1 is 1.38 bits per heavy atom. The maximum absolute atomic E-state index is 12.6. The number of hydrogen-bond acceptors (Lipinski definition) is 3. The van der Waals surface area contributed by atoms with Gasteiger partial charge in [-0.15, -0.1) is 0 Å². The second kappa shape index (κ2) is 6.06. The highest BCUT2D eigenvalue weighted by atomic mass is 16.2. The normalized spacial score (nSPS) is 19.1. The molecule has 0 spiro atoms. The number of fused-ring (bicyclic) bond motifs is 1. The topological polar surface area (TPSA) is 35.6 Å². The fourth-order valence-electron chi connectivity index (χ4n) is 3.37. The van der Waals surface area contributed by atoms with Gasteiger partial charge in [-0.05, 0) is 69.1 Å². The minimum Gasteiger partial charge on any atom is -0.384 e. The van der Waals surface area contributed by atoms with Crippen molar-refractivity contribution in [3.8, 4) is 0 Å². The van der Waals surface area contributed by atoms with Crippen LogP contribution >= 0.6 is 0 Å². The fraction of sp³-hybridized carbons (Fsp3) is 0.588. The van der Waals surface area contributed by atoms with Crippen LogP contribution < -0.4 is 5.32 Å². The van der Waals surface area contributed by atoms with Crippen molar-refractivity contribution < 1.29 is 4.79 Å². The molecule has 0 aromatic heterocycles. The van der Waals surface area contributed by atoms with Gasteiger partial charge in [-0.3, -0.25) is 4.79 Å². The number of nitrogens with zero attached hydrogens (tertiary/aromatic N) is 2. The molecule has 21 heavy (non-hydrogen) atoms. The summed E-state index contributed by atoms with van der Waals surface area (Å²) in [5, 5.41) is 3.34. The lowest BCUT2D eigenvalue weighted by Gasteiger charge is -2.31. The Morgan fingerprint density at radius 3 is 2.90 bits per heavy atom. The van der Waals surface area contributed by atoms with Crippen molar-refractivity contribution >= 4 is 11.6 Å². The molecule has 1 aromatic rings. The van der Waals surface area contributed by atoms with Crippen LogP contribution in [0.5, 0.6) is 0 Å². The third-order valence-corrected chi connectivity index (χ3v) is 4.78. The minimum atomic E-state index is 0.156. The van der Waals surface area contributed by atoms with Gasteiger partial charge < -0.3 is 15.1 Å². The van der Waals surface area contributed by atoms with Gasteiger partial charge in [-0.1, -0.05) is 0 Å². The number of carbonyl (C=O) groups excluding carboxylic acids is 1. The molecule has 0 atom stereocenters. The van der Waals surface area contributed by atoms with Gasteiger partial charge in [-0.25, -0.2) is 0 Å². The molecule has 0 radical (unpaired) electrons. The highest BCUT2D eigenvalue weighted by Crippen LogP contribution is 2.24. The van der Waals surface area contributed by atoms with Crippen molar-refractivity contribution in [2.24, 2.45) is 5.92 Å². The van der Waals surface area contributed by atoms with Crippen molar-refractivity contribution in [3.63, 3.8) is 0 Å². The fourth-order valence-corrected chi connectivity index (χ4v) is 3.37.